The molecule has 0 aliphatic carbocycles. The Kier molecular flexibility index (Phi) is 5.74. The number of rotatable bonds is 7. The predicted octanol–water partition coefficient (Wildman–Crippen LogP) is 2.56. The van der Waals surface area contributed by atoms with Gasteiger partial charge in [0.25, 0.3) is 5.91 Å². The fraction of sp³-hybridized carbons (Fsp3) is 0.556. The van der Waals surface area contributed by atoms with Gasteiger partial charge in [0.15, 0.2) is 11.6 Å². The highest BCUT2D eigenvalue weighted by atomic mass is 32.2. The number of aromatic nitrogens is 2. The summed E-state index contributed by atoms with van der Waals surface area (Å²) < 4.78 is 33.6. The number of nitrogens with two attached hydrogens (primary N) is 1. The molecule has 0 unspecified atom stereocenters. The second-order valence-corrected chi connectivity index (χ2v) is 9.62. The number of primary amides is 1. The topological polar surface area (TPSA) is 111 Å². The Morgan fingerprint density at radius 3 is 2.44 bits per heavy atom. The minimum Gasteiger partial charge on any atom is -0.455 e. The first-order valence-electron chi connectivity index (χ1n) is 8.79. The van der Waals surface area contributed by atoms with E-state index in [1.54, 1.807) is 10.7 Å². The van der Waals surface area contributed by atoms with Gasteiger partial charge >= 0.3 is 0 Å². The second-order valence-electron chi connectivity index (χ2n) is 7.72. The van der Waals surface area contributed by atoms with E-state index in [1.807, 2.05) is 34.6 Å². The summed E-state index contributed by atoms with van der Waals surface area (Å²) in [5, 5.41) is 4.44. The molecule has 8 nitrogen and oxygen atoms in total. The molecule has 0 spiro atoms. The van der Waals surface area contributed by atoms with E-state index in [9.17, 15) is 13.2 Å². The standard InChI is InChI=1S/C18H28N4O4S/c1-7-8-21-12(2)9-15(20-21)22(27(6,24)25)11-13-10-14(17(19)23)26-16(13)18(3,4)5/h9-10H,7-8,11H2,1-6H3,(H2,19,23). The SMILES string of the molecule is CCCn1nc(N(Cc2cc(C(N)=O)oc2C(C)(C)C)S(C)(=O)=O)cc1C. The number of furan rings is 1. The third-order valence-corrected chi connectivity index (χ3v) is 5.22. The lowest BCUT2D eigenvalue weighted by atomic mass is 9.90. The third-order valence-electron chi connectivity index (χ3n) is 4.11. The number of anilines is 1. The molecular weight excluding hydrogens is 368 g/mol. The Balaban J connectivity index is 2.52. The molecular formula is C18H28N4O4S. The van der Waals surface area contributed by atoms with Gasteiger partial charge in [-0.15, -0.1) is 0 Å². The minimum absolute atomic E-state index is 0.00476. The zero-order chi connectivity index (χ0) is 20.6. The number of sulfonamides is 1. The highest BCUT2D eigenvalue weighted by molar-refractivity contribution is 7.92. The molecule has 0 bridgehead atoms. The quantitative estimate of drug-likeness (QED) is 0.773. The Labute approximate surface area is 160 Å². The predicted molar refractivity (Wildman–Crippen MR) is 104 cm³/mol. The Hall–Kier alpha value is -2.29. The van der Waals surface area contributed by atoms with Gasteiger partial charge in [0.05, 0.1) is 12.8 Å². The summed E-state index contributed by atoms with van der Waals surface area (Å²) in [6, 6.07) is 3.25. The molecule has 2 aromatic heterocycles. The number of amides is 1. The Morgan fingerprint density at radius 2 is 1.96 bits per heavy atom. The van der Waals surface area contributed by atoms with E-state index in [4.69, 9.17) is 10.2 Å². The molecule has 0 aromatic carbocycles. The van der Waals surface area contributed by atoms with Gasteiger partial charge in [-0.2, -0.15) is 5.10 Å². The van der Waals surface area contributed by atoms with Crippen LogP contribution in [0.25, 0.3) is 0 Å². The van der Waals surface area contributed by atoms with Crippen LogP contribution < -0.4 is 10.0 Å². The lowest BCUT2D eigenvalue weighted by Gasteiger charge is -2.22. The molecule has 9 heteroatoms. The van der Waals surface area contributed by atoms with E-state index in [0.717, 1.165) is 18.4 Å². The van der Waals surface area contributed by atoms with Crippen LogP contribution in [0.15, 0.2) is 16.5 Å². The van der Waals surface area contributed by atoms with E-state index >= 15 is 0 Å². The van der Waals surface area contributed by atoms with E-state index in [1.165, 1.54) is 10.4 Å². The fourth-order valence-electron chi connectivity index (χ4n) is 2.88. The maximum atomic E-state index is 12.5. The largest absolute Gasteiger partial charge is 0.455 e. The molecule has 0 saturated carbocycles. The molecule has 0 atom stereocenters. The van der Waals surface area contributed by atoms with Gasteiger partial charge in [-0.05, 0) is 19.4 Å². The Morgan fingerprint density at radius 1 is 1.33 bits per heavy atom. The van der Waals surface area contributed by atoms with Crippen LogP contribution in [-0.2, 0) is 28.5 Å². The van der Waals surface area contributed by atoms with E-state index in [2.05, 4.69) is 5.10 Å². The summed E-state index contributed by atoms with van der Waals surface area (Å²) in [4.78, 5) is 11.5. The molecule has 2 N–H and O–H groups in total. The number of hydrogen-bond acceptors (Lipinski definition) is 5. The van der Waals surface area contributed by atoms with Crippen LogP contribution in [0.2, 0.25) is 0 Å². The van der Waals surface area contributed by atoms with E-state index in [-0.39, 0.29) is 12.3 Å². The molecule has 2 heterocycles. The minimum atomic E-state index is -3.61. The number of aryl methyl sites for hydroxylation is 2. The van der Waals surface area contributed by atoms with E-state index < -0.39 is 21.3 Å². The third kappa shape index (κ3) is 4.71. The van der Waals surface area contributed by atoms with Crippen LogP contribution >= 0.6 is 0 Å². The second kappa shape index (κ2) is 7.38. The van der Waals surface area contributed by atoms with E-state index in [0.29, 0.717) is 23.7 Å². The van der Waals surface area contributed by atoms with Crippen LogP contribution in [0.4, 0.5) is 5.82 Å². The summed E-state index contributed by atoms with van der Waals surface area (Å²) in [6.07, 6.45) is 2.02. The maximum Gasteiger partial charge on any atom is 0.284 e. The summed E-state index contributed by atoms with van der Waals surface area (Å²) in [6.45, 7) is 10.4. The molecule has 0 fully saturated rings. The molecule has 150 valence electrons. The highest BCUT2D eigenvalue weighted by Gasteiger charge is 2.29. The summed E-state index contributed by atoms with van der Waals surface area (Å²) in [5.74, 6) is 0.177. The highest BCUT2D eigenvalue weighted by Crippen LogP contribution is 2.31. The van der Waals surface area contributed by atoms with Gasteiger partial charge in [0.2, 0.25) is 10.0 Å². The fourth-order valence-corrected chi connectivity index (χ4v) is 3.68. The number of carbonyl (C=O) groups excluding carboxylic acids is 1. The van der Waals surface area contributed by atoms with Crippen molar-refractivity contribution >= 4 is 21.7 Å². The smallest absolute Gasteiger partial charge is 0.284 e. The zero-order valence-corrected chi connectivity index (χ0v) is 17.6. The normalized spacial score (nSPS) is 12.4. The van der Waals surface area contributed by atoms with Gasteiger partial charge in [0, 0.05) is 29.3 Å². The zero-order valence-electron chi connectivity index (χ0n) is 16.7. The molecule has 0 aliphatic rings. The number of hydrogen-bond donors (Lipinski definition) is 1. The van der Waals surface area contributed by atoms with Gasteiger partial charge in [-0.3, -0.25) is 9.48 Å². The average molecular weight is 397 g/mol. The monoisotopic (exact) mass is 396 g/mol. The molecule has 27 heavy (non-hydrogen) atoms. The van der Waals surface area contributed by atoms with Crippen LogP contribution in [0.3, 0.4) is 0 Å². The average Bonchev–Trinajstić information content (AvgIpc) is 3.08. The summed E-state index contributed by atoms with van der Waals surface area (Å²) in [7, 11) is -3.61. The van der Waals surface area contributed by atoms with Gasteiger partial charge < -0.3 is 10.2 Å². The molecule has 2 aromatic rings. The lowest BCUT2D eigenvalue weighted by Crippen LogP contribution is -2.30. The first-order chi connectivity index (χ1) is 12.3. The molecule has 0 saturated heterocycles. The van der Waals surface area contributed by atoms with Crippen LogP contribution in [-0.4, -0.2) is 30.4 Å². The van der Waals surface area contributed by atoms with Crippen molar-refractivity contribution in [2.45, 2.75) is 59.5 Å². The molecule has 0 aliphatic heterocycles. The van der Waals surface area contributed by atoms with Crippen molar-refractivity contribution in [1.82, 2.24) is 9.78 Å². The van der Waals surface area contributed by atoms with Gasteiger partial charge in [-0.25, -0.2) is 12.7 Å². The summed E-state index contributed by atoms with van der Waals surface area (Å²) in [5.41, 5.74) is 6.38. The van der Waals surface area contributed by atoms with Gasteiger partial charge in [-0.1, -0.05) is 27.7 Å². The van der Waals surface area contributed by atoms with Crippen molar-refractivity contribution in [3.63, 3.8) is 0 Å². The van der Waals surface area contributed by atoms with Crippen molar-refractivity contribution in [3.05, 3.63) is 34.9 Å². The summed E-state index contributed by atoms with van der Waals surface area (Å²) >= 11 is 0. The van der Waals surface area contributed by atoms with Gasteiger partial charge in [0.1, 0.15) is 5.76 Å². The lowest BCUT2D eigenvalue weighted by molar-refractivity contribution is 0.0970. The first-order valence-corrected chi connectivity index (χ1v) is 10.6. The van der Waals surface area contributed by atoms with Crippen molar-refractivity contribution in [1.29, 1.82) is 0 Å². The van der Waals surface area contributed by atoms with Crippen LogP contribution in [0, 0.1) is 6.92 Å². The van der Waals surface area contributed by atoms with Crippen molar-refractivity contribution in [3.8, 4) is 0 Å². The first kappa shape index (κ1) is 21.0. The van der Waals surface area contributed by atoms with Crippen LogP contribution in [0.5, 0.6) is 0 Å². The molecule has 0 radical (unpaired) electrons. The Bertz CT molecular complexity index is 935. The number of carbonyl (C=O) groups is 1. The maximum absolute atomic E-state index is 12.5. The molecule has 2 rings (SSSR count). The van der Waals surface area contributed by atoms with Crippen molar-refractivity contribution in [2.75, 3.05) is 10.6 Å². The van der Waals surface area contributed by atoms with Crippen molar-refractivity contribution in [2.24, 2.45) is 5.73 Å². The molecule has 1 amide bonds. The van der Waals surface area contributed by atoms with Crippen molar-refractivity contribution < 1.29 is 17.6 Å². The number of nitrogens with zero attached hydrogens (tertiary/aromatic N) is 3. The van der Waals surface area contributed by atoms with Crippen LogP contribution in [0.1, 0.15) is 61.7 Å².